The van der Waals surface area contributed by atoms with Gasteiger partial charge in [0.1, 0.15) is 6.04 Å². The molecule has 3 rings (SSSR count). The highest BCUT2D eigenvalue weighted by Gasteiger charge is 2.29. The van der Waals surface area contributed by atoms with Gasteiger partial charge in [0.15, 0.2) is 0 Å². The van der Waals surface area contributed by atoms with Crippen molar-refractivity contribution in [2.45, 2.75) is 50.5 Å². The van der Waals surface area contributed by atoms with E-state index in [0.29, 0.717) is 42.9 Å². The molecule has 0 unspecified atom stereocenters. The van der Waals surface area contributed by atoms with Gasteiger partial charge in [-0.05, 0) is 66.6 Å². The molecule has 1 atom stereocenters. The van der Waals surface area contributed by atoms with Gasteiger partial charge in [-0.1, -0.05) is 37.6 Å². The van der Waals surface area contributed by atoms with Crippen molar-refractivity contribution >= 4 is 39.1 Å². The molecule has 2 amide bonds. The van der Waals surface area contributed by atoms with Crippen molar-refractivity contribution in [3.05, 3.63) is 58.6 Å². The zero-order valence-corrected chi connectivity index (χ0v) is 19.7. The van der Waals surface area contributed by atoms with E-state index in [2.05, 4.69) is 15.4 Å². The summed E-state index contributed by atoms with van der Waals surface area (Å²) in [6.45, 7) is 3.96. The van der Waals surface area contributed by atoms with Gasteiger partial charge < -0.3 is 10.6 Å². The van der Waals surface area contributed by atoms with Gasteiger partial charge in [0.2, 0.25) is 21.8 Å². The van der Waals surface area contributed by atoms with Gasteiger partial charge in [-0.3, -0.25) is 9.59 Å². The van der Waals surface area contributed by atoms with Crippen LogP contribution in [0.15, 0.2) is 47.4 Å². The number of nitrogens with one attached hydrogen (secondary N) is 3. The van der Waals surface area contributed by atoms with Crippen LogP contribution >= 0.6 is 11.6 Å². The lowest BCUT2D eigenvalue weighted by molar-refractivity contribution is -0.123. The van der Waals surface area contributed by atoms with Gasteiger partial charge in [-0.2, -0.15) is 4.72 Å². The predicted octanol–water partition coefficient (Wildman–Crippen LogP) is 3.28. The number of halogens is 1. The standard InChI is InChI=1S/C23H28ClN3O4S/c1-15(2)22(23(29)25-13-12-16-6-8-18(24)9-7-16)27-32(30,31)19-10-11-20-17(14-19)4-3-5-21(28)26-20/h6-11,14-15,22,27H,3-5,12-13H2,1-2H3,(H,25,29)(H,26,28)/t22-/m1/s1. The fraction of sp³-hybridized carbons (Fsp3) is 0.391. The first kappa shape index (κ1) is 24.2. The number of fused-ring (bicyclic) bond motifs is 1. The molecule has 7 nitrogen and oxygen atoms in total. The SMILES string of the molecule is CC(C)[C@@H](NS(=O)(=O)c1ccc2c(c1)CCCC(=O)N2)C(=O)NCCc1ccc(Cl)cc1. The number of carbonyl (C=O) groups is 2. The molecule has 1 aliphatic rings. The van der Waals surface area contributed by atoms with E-state index < -0.39 is 16.1 Å². The molecular formula is C23H28ClN3O4S. The molecule has 2 aromatic rings. The van der Waals surface area contributed by atoms with E-state index in [4.69, 9.17) is 11.6 Å². The smallest absolute Gasteiger partial charge is 0.241 e. The summed E-state index contributed by atoms with van der Waals surface area (Å²) >= 11 is 5.88. The minimum absolute atomic E-state index is 0.0759. The first-order valence-corrected chi connectivity index (χ1v) is 12.5. The zero-order chi connectivity index (χ0) is 23.3. The van der Waals surface area contributed by atoms with Crippen molar-refractivity contribution in [3.8, 4) is 0 Å². The molecule has 0 radical (unpaired) electrons. The highest BCUT2D eigenvalue weighted by atomic mass is 35.5. The van der Waals surface area contributed by atoms with Crippen LogP contribution in [0.25, 0.3) is 0 Å². The van der Waals surface area contributed by atoms with E-state index in [1.807, 2.05) is 12.1 Å². The summed E-state index contributed by atoms with van der Waals surface area (Å²) in [5, 5.41) is 6.26. The maximum absolute atomic E-state index is 13.0. The summed E-state index contributed by atoms with van der Waals surface area (Å²) in [5.41, 5.74) is 2.42. The Hall–Kier alpha value is -2.42. The van der Waals surface area contributed by atoms with Gasteiger partial charge in [0.05, 0.1) is 4.90 Å². The monoisotopic (exact) mass is 477 g/mol. The fourth-order valence-corrected chi connectivity index (χ4v) is 5.06. The maximum Gasteiger partial charge on any atom is 0.241 e. The molecule has 172 valence electrons. The van der Waals surface area contributed by atoms with Crippen LogP contribution in [0.4, 0.5) is 5.69 Å². The Labute approximate surface area is 194 Å². The largest absolute Gasteiger partial charge is 0.354 e. The molecule has 0 bridgehead atoms. The molecule has 3 N–H and O–H groups in total. The number of anilines is 1. The number of benzene rings is 2. The van der Waals surface area contributed by atoms with Crippen LogP contribution in [-0.4, -0.2) is 32.8 Å². The number of amides is 2. The third-order valence-corrected chi connectivity index (χ3v) is 7.06. The summed E-state index contributed by atoms with van der Waals surface area (Å²) < 4.78 is 28.6. The first-order chi connectivity index (χ1) is 15.2. The molecular weight excluding hydrogens is 450 g/mol. The summed E-state index contributed by atoms with van der Waals surface area (Å²) in [6.07, 6.45) is 2.27. The van der Waals surface area contributed by atoms with E-state index in [1.54, 1.807) is 38.1 Å². The molecule has 0 saturated carbocycles. The quantitative estimate of drug-likeness (QED) is 0.542. The van der Waals surface area contributed by atoms with Crippen LogP contribution in [-0.2, 0) is 32.5 Å². The maximum atomic E-state index is 13.0. The van der Waals surface area contributed by atoms with Gasteiger partial charge in [-0.15, -0.1) is 0 Å². The minimum atomic E-state index is -3.93. The number of carbonyl (C=O) groups excluding carboxylic acids is 2. The molecule has 0 saturated heterocycles. The lowest BCUT2D eigenvalue weighted by Gasteiger charge is -2.22. The highest BCUT2D eigenvalue weighted by Crippen LogP contribution is 2.25. The van der Waals surface area contributed by atoms with Crippen LogP contribution in [0.3, 0.4) is 0 Å². The predicted molar refractivity (Wildman–Crippen MR) is 125 cm³/mol. The Kier molecular flexibility index (Phi) is 7.92. The first-order valence-electron chi connectivity index (χ1n) is 10.6. The summed E-state index contributed by atoms with van der Waals surface area (Å²) in [6, 6.07) is 11.1. The number of rotatable bonds is 8. The topological polar surface area (TPSA) is 104 Å². The Morgan fingerprint density at radius 3 is 2.53 bits per heavy atom. The summed E-state index contributed by atoms with van der Waals surface area (Å²) in [4.78, 5) is 24.5. The van der Waals surface area contributed by atoms with Gasteiger partial charge in [-0.25, -0.2) is 8.42 Å². The molecule has 1 heterocycles. The van der Waals surface area contributed by atoms with Gasteiger partial charge >= 0.3 is 0 Å². The molecule has 0 aliphatic carbocycles. The Balaban J connectivity index is 1.67. The fourth-order valence-electron chi connectivity index (χ4n) is 3.54. The highest BCUT2D eigenvalue weighted by molar-refractivity contribution is 7.89. The van der Waals surface area contributed by atoms with Gasteiger partial charge in [0.25, 0.3) is 0 Å². The summed E-state index contributed by atoms with van der Waals surface area (Å²) in [7, 11) is -3.93. The Bertz CT molecular complexity index is 1080. The van der Waals surface area contributed by atoms with E-state index >= 15 is 0 Å². The average Bonchev–Trinajstić information content (AvgIpc) is 2.93. The zero-order valence-electron chi connectivity index (χ0n) is 18.2. The normalized spacial score (nSPS) is 14.9. The Morgan fingerprint density at radius 1 is 1.12 bits per heavy atom. The van der Waals surface area contributed by atoms with Crippen molar-refractivity contribution in [1.29, 1.82) is 0 Å². The third-order valence-electron chi connectivity index (χ3n) is 5.37. The molecule has 0 aromatic heterocycles. The van der Waals surface area contributed by atoms with Crippen LogP contribution in [0.2, 0.25) is 5.02 Å². The third kappa shape index (κ3) is 6.31. The molecule has 32 heavy (non-hydrogen) atoms. The van der Waals surface area contributed by atoms with E-state index in [0.717, 1.165) is 11.1 Å². The minimum Gasteiger partial charge on any atom is -0.354 e. The van der Waals surface area contributed by atoms with E-state index in [-0.39, 0.29) is 22.6 Å². The number of hydrogen-bond donors (Lipinski definition) is 3. The van der Waals surface area contributed by atoms with Crippen molar-refractivity contribution in [1.82, 2.24) is 10.0 Å². The number of sulfonamides is 1. The second-order valence-electron chi connectivity index (χ2n) is 8.23. The van der Waals surface area contributed by atoms with Crippen LogP contribution < -0.4 is 15.4 Å². The van der Waals surface area contributed by atoms with Gasteiger partial charge in [0, 0.05) is 23.7 Å². The lowest BCUT2D eigenvalue weighted by Crippen LogP contribution is -2.49. The average molecular weight is 478 g/mol. The number of hydrogen-bond acceptors (Lipinski definition) is 4. The molecule has 9 heteroatoms. The summed E-state index contributed by atoms with van der Waals surface area (Å²) in [5.74, 6) is -0.701. The molecule has 2 aromatic carbocycles. The van der Waals surface area contributed by atoms with E-state index in [9.17, 15) is 18.0 Å². The van der Waals surface area contributed by atoms with E-state index in [1.165, 1.54) is 6.07 Å². The van der Waals surface area contributed by atoms with Crippen molar-refractivity contribution < 1.29 is 18.0 Å². The Morgan fingerprint density at radius 2 is 1.84 bits per heavy atom. The second-order valence-corrected chi connectivity index (χ2v) is 10.4. The lowest BCUT2D eigenvalue weighted by atomic mass is 10.0. The number of aryl methyl sites for hydroxylation is 1. The van der Waals surface area contributed by atoms with Crippen molar-refractivity contribution in [3.63, 3.8) is 0 Å². The van der Waals surface area contributed by atoms with Crippen LogP contribution in [0, 0.1) is 5.92 Å². The van der Waals surface area contributed by atoms with Crippen molar-refractivity contribution in [2.24, 2.45) is 5.92 Å². The van der Waals surface area contributed by atoms with Crippen molar-refractivity contribution in [2.75, 3.05) is 11.9 Å². The van der Waals surface area contributed by atoms with Crippen LogP contribution in [0.5, 0.6) is 0 Å². The second kappa shape index (κ2) is 10.5. The molecule has 0 fully saturated rings. The van der Waals surface area contributed by atoms with Crippen LogP contribution in [0.1, 0.15) is 37.8 Å². The molecule has 0 spiro atoms. The molecule has 1 aliphatic heterocycles.